The number of hydrogen-bond donors (Lipinski definition) is 1. The molecular weight excluding hydrogens is 236 g/mol. The third-order valence-electron chi connectivity index (χ3n) is 4.96. The second kappa shape index (κ2) is 6.25. The van der Waals surface area contributed by atoms with Gasteiger partial charge in [-0.25, -0.2) is 0 Å². The fourth-order valence-corrected chi connectivity index (χ4v) is 3.60. The molecule has 0 aromatic rings. The molecule has 2 aliphatic rings. The van der Waals surface area contributed by atoms with Crippen molar-refractivity contribution in [1.82, 2.24) is 10.2 Å². The van der Waals surface area contributed by atoms with E-state index in [1.165, 1.54) is 25.7 Å². The molecule has 1 atom stereocenters. The van der Waals surface area contributed by atoms with Gasteiger partial charge in [0.1, 0.15) is 0 Å². The number of piperidine rings is 1. The lowest BCUT2D eigenvalue weighted by atomic mass is 9.86. The van der Waals surface area contributed by atoms with E-state index in [1.807, 2.05) is 0 Å². The summed E-state index contributed by atoms with van der Waals surface area (Å²) in [6, 6.07) is 0.326. The van der Waals surface area contributed by atoms with E-state index in [1.54, 1.807) is 0 Å². The summed E-state index contributed by atoms with van der Waals surface area (Å²) in [7, 11) is 0. The summed E-state index contributed by atoms with van der Waals surface area (Å²) in [5.41, 5.74) is -0.0770. The first-order valence-corrected chi connectivity index (χ1v) is 8.05. The lowest BCUT2D eigenvalue weighted by Crippen LogP contribution is -2.49. The molecule has 1 unspecified atom stereocenters. The van der Waals surface area contributed by atoms with Crippen molar-refractivity contribution in [2.75, 3.05) is 19.6 Å². The molecule has 110 valence electrons. The largest absolute Gasteiger partial charge is 0.339 e. The Kier molecular flexibility index (Phi) is 4.88. The molecule has 0 aromatic carbocycles. The van der Waals surface area contributed by atoms with Crippen LogP contribution < -0.4 is 5.32 Å². The minimum Gasteiger partial charge on any atom is -0.339 e. The molecule has 1 saturated carbocycles. The summed E-state index contributed by atoms with van der Waals surface area (Å²) in [6.45, 7) is 9.66. The number of carbonyl (C=O) groups is 1. The van der Waals surface area contributed by atoms with Crippen LogP contribution >= 0.6 is 0 Å². The lowest BCUT2D eigenvalue weighted by molar-refractivity contribution is -0.143. The van der Waals surface area contributed by atoms with Crippen LogP contribution in [0.4, 0.5) is 0 Å². The molecule has 1 aliphatic carbocycles. The summed E-state index contributed by atoms with van der Waals surface area (Å²) in [4.78, 5) is 15.0. The van der Waals surface area contributed by atoms with E-state index in [0.717, 1.165) is 32.5 Å². The maximum Gasteiger partial charge on any atom is 0.228 e. The predicted octanol–water partition coefficient (Wildman–Crippen LogP) is 2.80. The van der Waals surface area contributed by atoms with Crippen LogP contribution in [0, 0.1) is 11.3 Å². The van der Waals surface area contributed by atoms with Gasteiger partial charge in [0.15, 0.2) is 0 Å². The van der Waals surface area contributed by atoms with Gasteiger partial charge in [0.25, 0.3) is 0 Å². The second-order valence-electron chi connectivity index (χ2n) is 7.03. The lowest BCUT2D eigenvalue weighted by Gasteiger charge is -2.37. The SMILES string of the molecule is CC(C)N(CC1CCCNC1)C(=O)C1(C)CCCC1. The maximum absolute atomic E-state index is 12.9. The van der Waals surface area contributed by atoms with Gasteiger partial charge in [-0.05, 0) is 58.5 Å². The molecule has 1 aliphatic heterocycles. The quantitative estimate of drug-likeness (QED) is 0.848. The van der Waals surface area contributed by atoms with Gasteiger partial charge >= 0.3 is 0 Å². The summed E-state index contributed by atoms with van der Waals surface area (Å²) in [6.07, 6.45) is 7.12. The zero-order chi connectivity index (χ0) is 13.9. The molecule has 2 rings (SSSR count). The summed E-state index contributed by atoms with van der Waals surface area (Å²) >= 11 is 0. The van der Waals surface area contributed by atoms with Crippen LogP contribution in [-0.2, 0) is 4.79 Å². The number of carbonyl (C=O) groups excluding carboxylic acids is 1. The molecule has 0 radical (unpaired) electrons. The number of nitrogens with one attached hydrogen (secondary N) is 1. The van der Waals surface area contributed by atoms with Crippen molar-refractivity contribution in [2.24, 2.45) is 11.3 Å². The molecule has 3 heteroatoms. The standard InChI is InChI=1S/C16H30N2O/c1-13(2)18(12-14-7-6-10-17-11-14)15(19)16(3)8-4-5-9-16/h13-14,17H,4-12H2,1-3H3. The van der Waals surface area contributed by atoms with E-state index in [4.69, 9.17) is 0 Å². The first-order valence-electron chi connectivity index (χ1n) is 8.05. The van der Waals surface area contributed by atoms with E-state index < -0.39 is 0 Å². The van der Waals surface area contributed by atoms with Gasteiger partial charge < -0.3 is 10.2 Å². The van der Waals surface area contributed by atoms with Crippen molar-refractivity contribution < 1.29 is 4.79 Å². The van der Waals surface area contributed by atoms with E-state index in [0.29, 0.717) is 17.9 Å². The molecule has 1 amide bonds. The van der Waals surface area contributed by atoms with Crippen LogP contribution in [0.3, 0.4) is 0 Å². The van der Waals surface area contributed by atoms with Gasteiger partial charge in [-0.2, -0.15) is 0 Å². The molecular formula is C16H30N2O. The number of nitrogens with zero attached hydrogens (tertiary/aromatic N) is 1. The Hall–Kier alpha value is -0.570. The Bertz CT molecular complexity index is 302. The van der Waals surface area contributed by atoms with Gasteiger partial charge in [-0.3, -0.25) is 4.79 Å². The van der Waals surface area contributed by atoms with E-state index in [9.17, 15) is 4.79 Å². The second-order valence-corrected chi connectivity index (χ2v) is 7.03. The average Bonchev–Trinajstić information content (AvgIpc) is 2.84. The number of hydrogen-bond acceptors (Lipinski definition) is 2. The molecule has 1 N–H and O–H groups in total. The Labute approximate surface area is 118 Å². The van der Waals surface area contributed by atoms with Gasteiger partial charge in [-0.1, -0.05) is 19.8 Å². The minimum atomic E-state index is -0.0770. The number of rotatable bonds is 4. The van der Waals surface area contributed by atoms with Crippen molar-refractivity contribution in [2.45, 2.75) is 65.3 Å². The minimum absolute atomic E-state index is 0.0770. The third-order valence-corrected chi connectivity index (χ3v) is 4.96. The highest BCUT2D eigenvalue weighted by atomic mass is 16.2. The summed E-state index contributed by atoms with van der Waals surface area (Å²) in [5.74, 6) is 1.05. The van der Waals surface area contributed by atoms with Gasteiger partial charge in [-0.15, -0.1) is 0 Å². The Morgan fingerprint density at radius 3 is 2.53 bits per heavy atom. The van der Waals surface area contributed by atoms with Crippen LogP contribution in [0.15, 0.2) is 0 Å². The van der Waals surface area contributed by atoms with Crippen molar-refractivity contribution in [1.29, 1.82) is 0 Å². The highest BCUT2D eigenvalue weighted by Gasteiger charge is 2.40. The highest BCUT2D eigenvalue weighted by Crippen LogP contribution is 2.39. The zero-order valence-corrected chi connectivity index (χ0v) is 12.9. The topological polar surface area (TPSA) is 32.3 Å². The smallest absolute Gasteiger partial charge is 0.228 e. The first kappa shape index (κ1) is 14.8. The zero-order valence-electron chi connectivity index (χ0n) is 12.9. The molecule has 19 heavy (non-hydrogen) atoms. The van der Waals surface area contributed by atoms with E-state index >= 15 is 0 Å². The molecule has 0 aromatic heterocycles. The fraction of sp³-hybridized carbons (Fsp3) is 0.938. The molecule has 0 spiro atoms. The number of amides is 1. The monoisotopic (exact) mass is 266 g/mol. The van der Waals surface area contributed by atoms with Crippen molar-refractivity contribution >= 4 is 5.91 Å². The van der Waals surface area contributed by atoms with Crippen LogP contribution in [0.2, 0.25) is 0 Å². The molecule has 1 saturated heterocycles. The van der Waals surface area contributed by atoms with Crippen LogP contribution in [-0.4, -0.2) is 36.5 Å². The first-order chi connectivity index (χ1) is 9.03. The van der Waals surface area contributed by atoms with Gasteiger partial charge in [0.2, 0.25) is 5.91 Å². The van der Waals surface area contributed by atoms with Crippen LogP contribution in [0.5, 0.6) is 0 Å². The Morgan fingerprint density at radius 1 is 1.32 bits per heavy atom. The van der Waals surface area contributed by atoms with Crippen LogP contribution in [0.25, 0.3) is 0 Å². The maximum atomic E-state index is 12.9. The fourth-order valence-electron chi connectivity index (χ4n) is 3.60. The summed E-state index contributed by atoms with van der Waals surface area (Å²) in [5, 5.41) is 3.46. The van der Waals surface area contributed by atoms with Crippen molar-refractivity contribution in [3.8, 4) is 0 Å². The normalized spacial score (nSPS) is 26.6. The molecule has 1 heterocycles. The van der Waals surface area contributed by atoms with Gasteiger partial charge in [0, 0.05) is 18.0 Å². The Morgan fingerprint density at radius 2 is 2.00 bits per heavy atom. The average molecular weight is 266 g/mol. The predicted molar refractivity (Wildman–Crippen MR) is 79.0 cm³/mol. The molecule has 2 fully saturated rings. The Balaban J connectivity index is 2.00. The van der Waals surface area contributed by atoms with E-state index in [2.05, 4.69) is 31.0 Å². The third kappa shape index (κ3) is 3.50. The molecule has 0 bridgehead atoms. The highest BCUT2D eigenvalue weighted by molar-refractivity contribution is 5.82. The van der Waals surface area contributed by atoms with E-state index in [-0.39, 0.29) is 5.41 Å². The van der Waals surface area contributed by atoms with Crippen LogP contribution in [0.1, 0.15) is 59.3 Å². The summed E-state index contributed by atoms with van der Waals surface area (Å²) < 4.78 is 0. The van der Waals surface area contributed by atoms with Crippen molar-refractivity contribution in [3.05, 3.63) is 0 Å². The molecule has 3 nitrogen and oxygen atoms in total. The van der Waals surface area contributed by atoms with Gasteiger partial charge in [0.05, 0.1) is 0 Å². The van der Waals surface area contributed by atoms with Crippen molar-refractivity contribution in [3.63, 3.8) is 0 Å².